The number of rotatable bonds is 12. The van der Waals surface area contributed by atoms with Gasteiger partial charge in [0.2, 0.25) is 0 Å². The monoisotopic (exact) mass is 991 g/mol. The number of carbonyl (C=O) groups is 2. The second-order valence-corrected chi connectivity index (χ2v) is 27.2. The van der Waals surface area contributed by atoms with Crippen molar-refractivity contribution in [2.45, 2.75) is 223 Å². The van der Waals surface area contributed by atoms with E-state index in [1.165, 1.54) is 76.6 Å². The van der Waals surface area contributed by atoms with Gasteiger partial charge in [-0.2, -0.15) is 0 Å². The molecule has 396 valence electrons. The van der Waals surface area contributed by atoms with Crippen LogP contribution in [-0.4, -0.2) is 61.4 Å². The first-order valence-corrected chi connectivity index (χ1v) is 28.5. The third-order valence-electron chi connectivity index (χ3n) is 17.4. The van der Waals surface area contributed by atoms with E-state index in [2.05, 4.69) is 212 Å². The topological polar surface area (TPSA) is 106 Å². The molecule has 3 unspecified atom stereocenters. The molecule has 2 aliphatic carbocycles. The van der Waals surface area contributed by atoms with Crippen LogP contribution >= 0.6 is 0 Å². The van der Waals surface area contributed by atoms with Gasteiger partial charge in [-0.05, 0) is 149 Å². The molecule has 0 spiro atoms. The van der Waals surface area contributed by atoms with Gasteiger partial charge in [0.15, 0.2) is 0 Å². The van der Waals surface area contributed by atoms with Crippen molar-refractivity contribution in [3.05, 3.63) is 142 Å². The zero-order valence-corrected chi connectivity index (χ0v) is 47.0. The summed E-state index contributed by atoms with van der Waals surface area (Å²) in [5.41, 5.74) is 11.0. The Balaban J connectivity index is 0.754. The number of carbonyl (C=O) groups excluding carboxylic acids is 2. The minimum Gasteiger partial charge on any atom is -0.335 e. The van der Waals surface area contributed by atoms with Crippen LogP contribution in [0.25, 0.3) is 0 Å². The molecule has 4 fully saturated rings. The molecule has 2 heterocycles. The van der Waals surface area contributed by atoms with E-state index in [0.717, 1.165) is 51.6 Å². The largest absolute Gasteiger partial charge is 0.335 e. The summed E-state index contributed by atoms with van der Waals surface area (Å²) in [4.78, 5) is 27.0. The molecule has 2 saturated heterocycles. The van der Waals surface area contributed by atoms with E-state index in [0.29, 0.717) is 11.8 Å². The van der Waals surface area contributed by atoms with Crippen LogP contribution in [-0.2, 0) is 21.7 Å². The lowest BCUT2D eigenvalue weighted by Gasteiger charge is -2.34. The Labute approximate surface area is 441 Å². The van der Waals surface area contributed by atoms with Crippen LogP contribution in [0.1, 0.15) is 210 Å². The SMILES string of the molecule is CC(C)(C)c1ccc(C(c2ccc(C(C)(C)C)cc2)C2CC(NC(=O)NC3CCC(CC4CCC(NC(=O)N[C@H]5CNC(C(c6ccc(C(C)(C)C)cc6)c6ccc(C(C)(C)C)cc6)C5)CC4)CC3)CN2)cc1. The molecule has 8 nitrogen and oxygen atoms in total. The summed E-state index contributed by atoms with van der Waals surface area (Å²) >= 11 is 0. The highest BCUT2D eigenvalue weighted by Gasteiger charge is 2.37. The molecule has 6 N–H and O–H groups in total. The van der Waals surface area contributed by atoms with E-state index < -0.39 is 0 Å². The Bertz CT molecular complexity index is 2120. The Morgan fingerprint density at radius 2 is 0.644 bits per heavy atom. The molecule has 4 aliphatic rings. The van der Waals surface area contributed by atoms with Crippen LogP contribution < -0.4 is 31.9 Å². The molecule has 0 bridgehead atoms. The summed E-state index contributed by atoms with van der Waals surface area (Å²) in [6, 6.07) is 37.9. The van der Waals surface area contributed by atoms with Crippen molar-refractivity contribution in [1.29, 1.82) is 0 Å². The van der Waals surface area contributed by atoms with Gasteiger partial charge in [0.1, 0.15) is 0 Å². The average molecular weight is 992 g/mol. The molecule has 0 radical (unpaired) electrons. The van der Waals surface area contributed by atoms with E-state index >= 15 is 0 Å². The molecule has 8 rings (SSSR count). The Hall–Kier alpha value is -4.66. The van der Waals surface area contributed by atoms with Crippen molar-refractivity contribution in [2.75, 3.05) is 13.1 Å². The standard InChI is InChI=1S/C65H94N6O2/c1-62(2,3)48-25-17-44(18-26-48)58(45-19-27-49(28-20-45)63(4,5)6)56-38-54(40-66-56)70-60(72)68-52-33-13-42(14-34-52)37-43-15-35-53(36-16-43)69-61(73)71-55-39-57(67-41-55)59(46-21-29-50(30-22-46)64(7,8)9)47-23-31-51(32-24-47)65(10,11)12/h17-32,42-43,52-59,66-67H,13-16,33-41H2,1-12H3,(H2,68,70,72)(H2,69,71,73)/t42?,43?,52?,53?,54-,55?,56?,57?/m1/s1. The maximum absolute atomic E-state index is 13.5. The summed E-state index contributed by atoms with van der Waals surface area (Å²) in [6.45, 7) is 28.8. The maximum Gasteiger partial charge on any atom is 0.315 e. The van der Waals surface area contributed by atoms with Gasteiger partial charge in [-0.3, -0.25) is 0 Å². The van der Waals surface area contributed by atoms with Crippen LogP contribution in [0, 0.1) is 11.8 Å². The van der Waals surface area contributed by atoms with Crippen LogP contribution in [0.4, 0.5) is 9.59 Å². The van der Waals surface area contributed by atoms with Gasteiger partial charge < -0.3 is 31.9 Å². The van der Waals surface area contributed by atoms with Gasteiger partial charge in [0.05, 0.1) is 0 Å². The summed E-state index contributed by atoms with van der Waals surface area (Å²) in [7, 11) is 0. The van der Waals surface area contributed by atoms with Crippen molar-refractivity contribution >= 4 is 12.1 Å². The molecule has 2 saturated carbocycles. The van der Waals surface area contributed by atoms with E-state index in [-0.39, 0.29) is 81.8 Å². The number of amides is 4. The smallest absolute Gasteiger partial charge is 0.315 e. The highest BCUT2D eigenvalue weighted by Crippen LogP contribution is 2.39. The fraction of sp³-hybridized carbons (Fsp3) is 0.600. The first-order chi connectivity index (χ1) is 34.5. The van der Waals surface area contributed by atoms with Crippen LogP contribution in [0.15, 0.2) is 97.1 Å². The zero-order chi connectivity index (χ0) is 52.3. The molecule has 8 heteroatoms. The minimum atomic E-state index is -0.0246. The first kappa shape index (κ1) is 54.6. The summed E-state index contributed by atoms with van der Waals surface area (Å²) in [6.07, 6.45) is 11.9. The van der Waals surface area contributed by atoms with E-state index in [4.69, 9.17) is 0 Å². The predicted octanol–water partition coefficient (Wildman–Crippen LogP) is 13.4. The second-order valence-electron chi connectivity index (χ2n) is 27.2. The van der Waals surface area contributed by atoms with Gasteiger partial charge >= 0.3 is 12.1 Å². The van der Waals surface area contributed by atoms with Gasteiger partial charge in [-0.1, -0.05) is 180 Å². The van der Waals surface area contributed by atoms with Crippen molar-refractivity contribution in [1.82, 2.24) is 31.9 Å². The molecule has 0 aromatic heterocycles. The van der Waals surface area contributed by atoms with Crippen molar-refractivity contribution in [2.24, 2.45) is 11.8 Å². The normalized spacial score (nSPS) is 25.2. The van der Waals surface area contributed by atoms with Crippen molar-refractivity contribution < 1.29 is 9.59 Å². The quantitative estimate of drug-likeness (QED) is 0.0850. The maximum atomic E-state index is 13.5. The second kappa shape index (κ2) is 22.7. The molecule has 73 heavy (non-hydrogen) atoms. The third-order valence-corrected chi connectivity index (χ3v) is 17.4. The third kappa shape index (κ3) is 14.4. The number of nitrogens with one attached hydrogen (secondary N) is 6. The summed E-state index contributed by atoms with van der Waals surface area (Å²) < 4.78 is 0. The van der Waals surface area contributed by atoms with Crippen LogP contribution in [0.3, 0.4) is 0 Å². The van der Waals surface area contributed by atoms with E-state index in [1.807, 2.05) is 0 Å². The summed E-state index contributed by atoms with van der Waals surface area (Å²) in [5.74, 6) is 1.81. The number of hydrogen-bond acceptors (Lipinski definition) is 4. The van der Waals surface area contributed by atoms with E-state index in [9.17, 15) is 9.59 Å². The number of urea groups is 2. The number of benzene rings is 4. The lowest BCUT2D eigenvalue weighted by Crippen LogP contribution is -2.48. The highest BCUT2D eigenvalue weighted by molar-refractivity contribution is 5.75. The fourth-order valence-corrected chi connectivity index (χ4v) is 12.7. The molecule has 4 atom stereocenters. The first-order valence-electron chi connectivity index (χ1n) is 28.5. The molecule has 4 amide bonds. The Morgan fingerprint density at radius 1 is 0.397 bits per heavy atom. The predicted molar refractivity (Wildman–Crippen MR) is 304 cm³/mol. The van der Waals surface area contributed by atoms with E-state index in [1.54, 1.807) is 0 Å². The Morgan fingerprint density at radius 3 is 0.890 bits per heavy atom. The van der Waals surface area contributed by atoms with Crippen molar-refractivity contribution in [3.8, 4) is 0 Å². The molecular formula is C65H94N6O2. The highest BCUT2D eigenvalue weighted by atomic mass is 16.2. The minimum absolute atomic E-state index is 0.0246. The molecule has 4 aromatic carbocycles. The van der Waals surface area contributed by atoms with Crippen LogP contribution in [0.2, 0.25) is 0 Å². The number of hydrogen-bond donors (Lipinski definition) is 6. The van der Waals surface area contributed by atoms with Crippen molar-refractivity contribution in [3.63, 3.8) is 0 Å². The lowest BCUT2D eigenvalue weighted by atomic mass is 9.75. The Kier molecular flexibility index (Phi) is 17.0. The average Bonchev–Trinajstić information content (AvgIpc) is 3.99. The fourth-order valence-electron chi connectivity index (χ4n) is 12.7. The lowest BCUT2D eigenvalue weighted by molar-refractivity contribution is 0.197. The van der Waals surface area contributed by atoms with Gasteiger partial charge in [-0.25, -0.2) is 9.59 Å². The molecular weight excluding hydrogens is 897 g/mol. The van der Waals surface area contributed by atoms with Gasteiger partial charge in [0, 0.05) is 61.2 Å². The van der Waals surface area contributed by atoms with Gasteiger partial charge in [0.25, 0.3) is 0 Å². The molecule has 4 aromatic rings. The van der Waals surface area contributed by atoms with Crippen LogP contribution in [0.5, 0.6) is 0 Å². The molecule has 2 aliphatic heterocycles. The zero-order valence-electron chi connectivity index (χ0n) is 47.0. The summed E-state index contributed by atoms with van der Waals surface area (Å²) in [5, 5.41) is 21.1. The van der Waals surface area contributed by atoms with Gasteiger partial charge in [-0.15, -0.1) is 0 Å².